The first-order valence-electron chi connectivity index (χ1n) is 14.2. The maximum Gasteiger partial charge on any atom is 0.433 e. The van der Waals surface area contributed by atoms with Crippen LogP contribution >= 0.6 is 0 Å². The third kappa shape index (κ3) is 4.28. The summed E-state index contributed by atoms with van der Waals surface area (Å²) in [5, 5.41) is 15.3. The standard InChI is InChI=1S/C30H35F3N8O/c1-18-15-38(19(2)25-36-40-17-29(40,41(18)25)30(31,32)33)12-11-20-7-8-21(14-34)22(13-20)23-9-10-24-26(35-23)37(6)27(42)39(24)16-28(3,4)5/h7-10,13,18-19H,11-12,15-17H2,1-6H3. The van der Waals surface area contributed by atoms with E-state index >= 15 is 0 Å². The van der Waals surface area contributed by atoms with Gasteiger partial charge in [-0.1, -0.05) is 26.8 Å². The quantitative estimate of drug-likeness (QED) is 0.422. The van der Waals surface area contributed by atoms with Gasteiger partial charge in [-0.2, -0.15) is 23.5 Å². The minimum absolute atomic E-state index is 0.0941. The number of hydrogen-bond donors (Lipinski definition) is 0. The molecule has 9 nitrogen and oxygen atoms in total. The average molecular weight is 581 g/mol. The zero-order chi connectivity index (χ0) is 30.4. The van der Waals surface area contributed by atoms with Crippen LogP contribution < -0.4 is 5.69 Å². The number of aryl methyl sites for hydroxylation is 1. The Bertz CT molecular complexity index is 1710. The van der Waals surface area contributed by atoms with Crippen LogP contribution in [0, 0.1) is 16.7 Å². The lowest BCUT2D eigenvalue weighted by atomic mass is 9.97. The number of aromatic nitrogens is 3. The lowest BCUT2D eigenvalue weighted by Crippen LogP contribution is -2.65. The fraction of sp³-hybridized carbons (Fsp3) is 0.533. The molecular formula is C30H35F3N8O. The number of nitrogens with zero attached hydrogens (tertiary/aromatic N) is 8. The van der Waals surface area contributed by atoms with Crippen molar-refractivity contribution >= 4 is 17.0 Å². The molecule has 3 aliphatic heterocycles. The van der Waals surface area contributed by atoms with Crippen LogP contribution in [0.25, 0.3) is 22.4 Å². The maximum atomic E-state index is 13.9. The minimum Gasteiger partial charge on any atom is -0.320 e. The molecule has 0 aliphatic carbocycles. The molecule has 2 fully saturated rings. The third-order valence-electron chi connectivity index (χ3n) is 8.66. The number of pyridine rings is 1. The number of halogens is 3. The molecule has 3 atom stereocenters. The first-order chi connectivity index (χ1) is 19.7. The predicted octanol–water partition coefficient (Wildman–Crippen LogP) is 4.16. The number of hydrazone groups is 1. The van der Waals surface area contributed by atoms with E-state index in [1.54, 1.807) is 17.7 Å². The molecule has 12 heteroatoms. The molecule has 2 saturated heterocycles. The number of amidine groups is 1. The summed E-state index contributed by atoms with van der Waals surface area (Å²) in [7, 11) is 1.70. The molecule has 3 aliphatic rings. The van der Waals surface area contributed by atoms with Gasteiger partial charge in [0.2, 0.25) is 5.66 Å². The summed E-state index contributed by atoms with van der Waals surface area (Å²) in [6.07, 6.45) is -3.73. The van der Waals surface area contributed by atoms with Crippen LogP contribution in [0.1, 0.15) is 45.7 Å². The van der Waals surface area contributed by atoms with Crippen molar-refractivity contribution in [3.8, 4) is 17.3 Å². The Kier molecular flexibility index (Phi) is 6.28. The van der Waals surface area contributed by atoms with E-state index in [0.717, 1.165) is 16.1 Å². The maximum absolute atomic E-state index is 13.9. The molecule has 0 saturated carbocycles. The summed E-state index contributed by atoms with van der Waals surface area (Å²) >= 11 is 0. The number of imidazole rings is 1. The summed E-state index contributed by atoms with van der Waals surface area (Å²) in [6.45, 7) is 11.5. The molecule has 0 spiro atoms. The van der Waals surface area contributed by atoms with Crippen molar-refractivity contribution in [2.75, 3.05) is 19.6 Å². The molecular weight excluding hydrogens is 545 g/mol. The van der Waals surface area contributed by atoms with Crippen LogP contribution in [-0.4, -0.2) is 78.3 Å². The van der Waals surface area contributed by atoms with Crippen LogP contribution in [0.15, 0.2) is 40.2 Å². The second-order valence-electron chi connectivity index (χ2n) is 13.0. The highest BCUT2D eigenvalue weighted by Gasteiger charge is 2.78. The van der Waals surface area contributed by atoms with Gasteiger partial charge in [0.1, 0.15) is 5.84 Å². The van der Waals surface area contributed by atoms with Gasteiger partial charge in [0, 0.05) is 38.3 Å². The van der Waals surface area contributed by atoms with Crippen LogP contribution in [-0.2, 0) is 20.0 Å². The zero-order valence-corrected chi connectivity index (χ0v) is 24.7. The molecule has 3 unspecified atom stereocenters. The van der Waals surface area contributed by atoms with E-state index in [0.29, 0.717) is 54.4 Å². The number of benzene rings is 1. The van der Waals surface area contributed by atoms with Crippen molar-refractivity contribution in [3.63, 3.8) is 0 Å². The van der Waals surface area contributed by atoms with Crippen LogP contribution in [0.5, 0.6) is 0 Å². The number of hydrogen-bond acceptors (Lipinski definition) is 7. The lowest BCUT2D eigenvalue weighted by Gasteiger charge is -2.46. The highest BCUT2D eigenvalue weighted by molar-refractivity contribution is 5.91. The molecule has 2 aromatic heterocycles. The van der Waals surface area contributed by atoms with E-state index in [1.807, 2.05) is 38.1 Å². The molecule has 1 aromatic carbocycles. The Balaban J connectivity index is 1.25. The van der Waals surface area contributed by atoms with Gasteiger partial charge in [-0.3, -0.25) is 19.0 Å². The van der Waals surface area contributed by atoms with Gasteiger partial charge in [-0.25, -0.2) is 9.78 Å². The molecule has 6 rings (SSSR count). The highest BCUT2D eigenvalue weighted by Crippen LogP contribution is 2.54. The summed E-state index contributed by atoms with van der Waals surface area (Å²) < 4.78 is 45.1. The predicted molar refractivity (Wildman–Crippen MR) is 154 cm³/mol. The van der Waals surface area contributed by atoms with E-state index in [9.17, 15) is 23.2 Å². The average Bonchev–Trinajstić information content (AvgIpc) is 3.49. The normalized spacial score (nSPS) is 24.0. The van der Waals surface area contributed by atoms with Gasteiger partial charge in [0.05, 0.1) is 35.4 Å². The summed E-state index contributed by atoms with van der Waals surface area (Å²) in [6, 6.07) is 11.0. The van der Waals surface area contributed by atoms with E-state index in [4.69, 9.17) is 4.98 Å². The molecule has 0 radical (unpaired) electrons. The smallest absolute Gasteiger partial charge is 0.320 e. The van der Waals surface area contributed by atoms with Crippen molar-refractivity contribution in [2.45, 2.75) is 71.5 Å². The molecule has 3 aromatic rings. The van der Waals surface area contributed by atoms with Crippen LogP contribution in [0.3, 0.4) is 0 Å². The number of piperazine rings is 1. The minimum atomic E-state index is -4.37. The van der Waals surface area contributed by atoms with Crippen molar-refractivity contribution in [1.82, 2.24) is 28.9 Å². The topological polar surface area (TPSA) is 85.5 Å². The zero-order valence-electron chi connectivity index (χ0n) is 24.7. The fourth-order valence-corrected chi connectivity index (χ4v) is 6.51. The van der Waals surface area contributed by atoms with Gasteiger partial charge in [0.25, 0.3) is 0 Å². The molecule has 0 bridgehead atoms. The number of nitriles is 1. The monoisotopic (exact) mass is 580 g/mol. The van der Waals surface area contributed by atoms with Gasteiger partial charge >= 0.3 is 11.9 Å². The second-order valence-corrected chi connectivity index (χ2v) is 13.0. The van der Waals surface area contributed by atoms with Crippen molar-refractivity contribution in [1.29, 1.82) is 5.26 Å². The Hall–Kier alpha value is -3.85. The number of fused-ring (bicyclic) bond motifs is 4. The first-order valence-corrected chi connectivity index (χ1v) is 14.2. The molecule has 0 N–H and O–H groups in total. The highest BCUT2D eigenvalue weighted by atomic mass is 19.4. The lowest BCUT2D eigenvalue weighted by molar-refractivity contribution is -0.202. The van der Waals surface area contributed by atoms with Crippen molar-refractivity contribution in [2.24, 2.45) is 17.6 Å². The van der Waals surface area contributed by atoms with Crippen LogP contribution in [0.2, 0.25) is 0 Å². The fourth-order valence-electron chi connectivity index (χ4n) is 6.51. The first kappa shape index (κ1) is 28.3. The molecule has 0 amide bonds. The van der Waals surface area contributed by atoms with Gasteiger partial charge in [-0.05, 0) is 55.5 Å². The third-order valence-corrected chi connectivity index (χ3v) is 8.66. The summed E-state index contributed by atoms with van der Waals surface area (Å²) in [4.78, 5) is 21.4. The van der Waals surface area contributed by atoms with E-state index < -0.39 is 11.8 Å². The van der Waals surface area contributed by atoms with E-state index in [2.05, 4.69) is 36.8 Å². The van der Waals surface area contributed by atoms with Gasteiger partial charge < -0.3 is 4.90 Å². The largest absolute Gasteiger partial charge is 0.433 e. The SMILES string of the molecule is CC1C2=NN3CC3(C(F)(F)F)N2C(C)CN1CCc1ccc(C#N)c(-c2ccc3c(n2)n(C)c(=O)n3CC(C)(C)C)c1. The molecule has 222 valence electrons. The summed E-state index contributed by atoms with van der Waals surface area (Å²) in [5.41, 5.74) is 1.84. The van der Waals surface area contributed by atoms with E-state index in [-0.39, 0.29) is 29.7 Å². The van der Waals surface area contributed by atoms with Crippen molar-refractivity contribution < 1.29 is 13.2 Å². The van der Waals surface area contributed by atoms with Gasteiger partial charge in [-0.15, -0.1) is 0 Å². The number of rotatable bonds is 5. The van der Waals surface area contributed by atoms with Crippen LogP contribution in [0.4, 0.5) is 13.2 Å². The Labute approximate surface area is 242 Å². The van der Waals surface area contributed by atoms with Gasteiger partial charge in [0.15, 0.2) is 5.65 Å². The number of alkyl halides is 3. The molecule has 42 heavy (non-hydrogen) atoms. The Morgan fingerprint density at radius 3 is 2.55 bits per heavy atom. The Morgan fingerprint density at radius 2 is 1.88 bits per heavy atom. The van der Waals surface area contributed by atoms with Crippen molar-refractivity contribution in [3.05, 3.63) is 51.9 Å². The summed E-state index contributed by atoms with van der Waals surface area (Å²) in [5.74, 6) is 0.472. The van der Waals surface area contributed by atoms with E-state index in [1.165, 1.54) is 9.47 Å². The second kappa shape index (κ2) is 9.33. The molecule has 5 heterocycles. The Morgan fingerprint density at radius 1 is 1.14 bits per heavy atom.